The summed E-state index contributed by atoms with van der Waals surface area (Å²) >= 11 is 5.88. The number of carbonyl (C=O) groups is 4. The van der Waals surface area contributed by atoms with Gasteiger partial charge >= 0.3 is 16.3 Å². The Hall–Kier alpha value is -3.12. The van der Waals surface area contributed by atoms with Crippen molar-refractivity contribution in [1.82, 2.24) is 14.9 Å². The first kappa shape index (κ1) is 32.3. The van der Waals surface area contributed by atoms with Gasteiger partial charge in [0.2, 0.25) is 11.8 Å². The fourth-order valence-corrected chi connectivity index (χ4v) is 7.76. The molecular weight excluding hydrogens is 608 g/mol. The molecule has 0 spiro atoms. The van der Waals surface area contributed by atoms with Crippen LogP contribution in [0.1, 0.15) is 83.5 Å². The number of fused-ring (bicyclic) bond motifs is 2. The van der Waals surface area contributed by atoms with Gasteiger partial charge in [-0.15, -0.1) is 0 Å². The van der Waals surface area contributed by atoms with Crippen molar-refractivity contribution < 1.29 is 32.3 Å². The molecule has 3 amide bonds. The molecule has 5 rings (SSSR count). The third kappa shape index (κ3) is 7.93. The van der Waals surface area contributed by atoms with Gasteiger partial charge in [-0.05, 0) is 94.4 Å². The summed E-state index contributed by atoms with van der Waals surface area (Å²) in [6.07, 6.45) is 11.6. The lowest BCUT2D eigenvalue weighted by Crippen LogP contribution is -2.52. The van der Waals surface area contributed by atoms with Gasteiger partial charge in [-0.3, -0.25) is 19.1 Å². The highest BCUT2D eigenvalue weighted by Crippen LogP contribution is 2.57. The number of hydrogen-bond donors (Lipinski definition) is 3. The molecule has 0 unspecified atom stereocenters. The van der Waals surface area contributed by atoms with E-state index in [-0.39, 0.29) is 35.8 Å². The number of allylic oxidation sites excluding steroid dienone is 2. The van der Waals surface area contributed by atoms with E-state index in [0.717, 1.165) is 44.9 Å². The van der Waals surface area contributed by atoms with E-state index < -0.39 is 39.7 Å². The molecule has 13 heteroatoms. The zero-order valence-corrected chi connectivity index (χ0v) is 26.3. The summed E-state index contributed by atoms with van der Waals surface area (Å²) < 4.78 is 35.7. The lowest BCUT2D eigenvalue weighted by molar-refractivity contribution is -0.140. The molecule has 4 atom stereocenters. The maximum Gasteiger partial charge on any atom is 0.408 e. The summed E-state index contributed by atoms with van der Waals surface area (Å²) in [5, 5.41) is 3.22. The van der Waals surface area contributed by atoms with Crippen molar-refractivity contribution in [3.05, 3.63) is 41.4 Å². The minimum Gasteiger partial charge on any atom is -0.446 e. The minimum atomic E-state index is -4.29. The number of rotatable bonds is 6. The molecule has 0 bridgehead atoms. The van der Waals surface area contributed by atoms with E-state index in [1.807, 2.05) is 12.2 Å². The number of halogens is 1. The molecule has 2 saturated carbocycles. The molecule has 1 aromatic carbocycles. The van der Waals surface area contributed by atoms with Gasteiger partial charge in [0.25, 0.3) is 0 Å². The van der Waals surface area contributed by atoms with Crippen LogP contribution in [-0.4, -0.2) is 61.7 Å². The fourth-order valence-electron chi connectivity index (χ4n) is 6.69. The Morgan fingerprint density at radius 2 is 1.68 bits per heavy atom. The average molecular weight is 649 g/mol. The van der Waals surface area contributed by atoms with Crippen LogP contribution in [0.4, 0.5) is 10.5 Å². The van der Waals surface area contributed by atoms with Gasteiger partial charge in [-0.25, -0.2) is 9.52 Å². The van der Waals surface area contributed by atoms with Crippen LogP contribution in [0.3, 0.4) is 0 Å². The fraction of sp³-hybridized carbons (Fsp3) is 0.613. The van der Waals surface area contributed by atoms with Gasteiger partial charge in [-0.1, -0.05) is 36.6 Å². The van der Waals surface area contributed by atoms with Gasteiger partial charge in [0.1, 0.15) is 12.1 Å². The molecule has 3 N–H and O–H groups in total. The van der Waals surface area contributed by atoms with Crippen LogP contribution in [0.15, 0.2) is 36.4 Å². The van der Waals surface area contributed by atoms with Crippen LogP contribution >= 0.6 is 11.6 Å². The van der Waals surface area contributed by atoms with Crippen LogP contribution in [0.2, 0.25) is 5.02 Å². The van der Waals surface area contributed by atoms with Gasteiger partial charge < -0.3 is 15.0 Å². The molecule has 2 heterocycles. The number of nitrogens with zero attached hydrogens (tertiary/aromatic N) is 1. The predicted octanol–water partition coefficient (Wildman–Crippen LogP) is 4.63. The van der Waals surface area contributed by atoms with Crippen LogP contribution < -0.4 is 14.8 Å². The Morgan fingerprint density at radius 3 is 2.43 bits per heavy atom. The van der Waals surface area contributed by atoms with E-state index in [9.17, 15) is 27.6 Å². The number of ketones is 1. The second kappa shape index (κ2) is 13.9. The van der Waals surface area contributed by atoms with Crippen molar-refractivity contribution in [1.29, 1.82) is 0 Å². The van der Waals surface area contributed by atoms with E-state index in [4.69, 9.17) is 16.3 Å². The molecule has 240 valence electrons. The number of amides is 3. The standard InChI is InChI=1S/C31H41ClN4O7S/c32-22-14-16-23(17-15-22)34-44(41,42)35-29(39)31-19-21(31)9-4-2-1-3-5-12-25(33-30(40)43-24-10-6-7-11-24)28(38)36-18-8-13-26(36)27(37)20-31/h4,9,14-17,21,24-26,34H,1-3,5-8,10-13,18-20H2,(H,33,40)(H,35,39)/b9-4-/t21-,25+,26+,31-/m1/s1. The molecule has 11 nitrogen and oxygen atoms in total. The second-order valence-corrected chi connectivity index (χ2v) is 14.3. The molecule has 2 aliphatic carbocycles. The van der Waals surface area contributed by atoms with Crippen molar-refractivity contribution in [3.63, 3.8) is 0 Å². The summed E-state index contributed by atoms with van der Waals surface area (Å²) in [6.45, 7) is 0.368. The summed E-state index contributed by atoms with van der Waals surface area (Å²) in [7, 11) is -4.29. The maximum atomic E-state index is 13.8. The largest absolute Gasteiger partial charge is 0.446 e. The SMILES string of the molecule is O=C(N[C@H]1CCCCC/C=C\[C@@H]2C[C@@]2(C(=O)NS(=O)(=O)Nc2ccc(Cl)cc2)CC(=O)[C@@H]2CCCN2C1=O)OC1CCCC1. The molecular formula is C31H41ClN4O7S. The number of carbonyl (C=O) groups excluding carboxylic acids is 4. The first-order valence-corrected chi connectivity index (χ1v) is 17.5. The highest BCUT2D eigenvalue weighted by molar-refractivity contribution is 7.91. The first-order valence-electron chi connectivity index (χ1n) is 15.6. The molecule has 1 saturated heterocycles. The highest BCUT2D eigenvalue weighted by atomic mass is 35.5. The topological polar surface area (TPSA) is 151 Å². The van der Waals surface area contributed by atoms with Gasteiger partial charge in [0.15, 0.2) is 5.78 Å². The molecule has 4 aliphatic rings. The number of anilines is 1. The van der Waals surface area contributed by atoms with Crippen molar-refractivity contribution >= 4 is 51.2 Å². The molecule has 1 aromatic rings. The molecule has 0 aromatic heterocycles. The lowest BCUT2D eigenvalue weighted by Gasteiger charge is -2.29. The predicted molar refractivity (Wildman–Crippen MR) is 165 cm³/mol. The summed E-state index contributed by atoms with van der Waals surface area (Å²) in [6, 6.07) is 4.43. The number of ether oxygens (including phenoxy) is 1. The van der Waals surface area contributed by atoms with Crippen molar-refractivity contribution in [2.24, 2.45) is 11.3 Å². The zero-order chi connectivity index (χ0) is 31.3. The molecule has 44 heavy (non-hydrogen) atoms. The first-order chi connectivity index (χ1) is 21.1. The maximum absolute atomic E-state index is 13.8. The Balaban J connectivity index is 1.31. The third-order valence-corrected chi connectivity index (χ3v) is 10.4. The number of alkyl carbamates (subject to hydrolysis) is 1. The van der Waals surface area contributed by atoms with E-state index in [0.29, 0.717) is 43.7 Å². The van der Waals surface area contributed by atoms with Gasteiger partial charge in [0, 0.05) is 18.0 Å². The quantitative estimate of drug-likeness (QED) is 0.381. The number of Topliss-reactive ketones (excluding diaryl/α,β-unsaturated/α-hetero) is 1. The normalized spacial score (nSPS) is 29.0. The Labute approximate surface area is 263 Å². The lowest BCUT2D eigenvalue weighted by atomic mass is 9.91. The Kier molecular flexibility index (Phi) is 10.2. The van der Waals surface area contributed by atoms with Crippen molar-refractivity contribution in [3.8, 4) is 0 Å². The highest BCUT2D eigenvalue weighted by Gasteiger charge is 2.61. The van der Waals surface area contributed by atoms with E-state index in [2.05, 4.69) is 14.8 Å². The van der Waals surface area contributed by atoms with Crippen LogP contribution in [0.25, 0.3) is 0 Å². The van der Waals surface area contributed by atoms with Crippen molar-refractivity contribution in [2.75, 3.05) is 11.3 Å². The number of benzene rings is 1. The Bertz CT molecular complexity index is 1380. The third-order valence-electron chi connectivity index (χ3n) is 9.20. The van der Waals surface area contributed by atoms with Gasteiger partial charge in [0.05, 0.1) is 17.1 Å². The summed E-state index contributed by atoms with van der Waals surface area (Å²) in [5.74, 6) is -1.66. The minimum absolute atomic E-state index is 0.140. The summed E-state index contributed by atoms with van der Waals surface area (Å²) in [5.41, 5.74) is -1.00. The second-order valence-electron chi connectivity index (χ2n) is 12.4. The number of hydrogen-bond acceptors (Lipinski definition) is 7. The van der Waals surface area contributed by atoms with Crippen molar-refractivity contribution in [2.45, 2.75) is 102 Å². The molecule has 0 radical (unpaired) electrons. The smallest absolute Gasteiger partial charge is 0.408 e. The van der Waals surface area contributed by atoms with E-state index in [1.54, 1.807) is 0 Å². The van der Waals surface area contributed by atoms with E-state index in [1.165, 1.54) is 29.2 Å². The molecule has 2 aliphatic heterocycles. The van der Waals surface area contributed by atoms with Gasteiger partial charge in [-0.2, -0.15) is 8.42 Å². The van der Waals surface area contributed by atoms with Crippen LogP contribution in [-0.2, 0) is 29.3 Å². The average Bonchev–Trinajstić information content (AvgIpc) is 3.31. The number of nitrogens with one attached hydrogen (secondary N) is 3. The van der Waals surface area contributed by atoms with Crippen LogP contribution in [0, 0.1) is 11.3 Å². The zero-order valence-electron chi connectivity index (χ0n) is 24.8. The summed E-state index contributed by atoms with van der Waals surface area (Å²) in [4.78, 5) is 55.4. The van der Waals surface area contributed by atoms with E-state index >= 15 is 0 Å². The van der Waals surface area contributed by atoms with Crippen LogP contribution in [0.5, 0.6) is 0 Å². The Morgan fingerprint density at radius 1 is 0.955 bits per heavy atom. The molecule has 3 fully saturated rings. The monoisotopic (exact) mass is 648 g/mol.